The number of aliphatic carboxylic acids is 1. The van der Waals surface area contributed by atoms with Crippen LogP contribution < -0.4 is 4.90 Å². The highest BCUT2D eigenvalue weighted by Crippen LogP contribution is 2.46. The molecule has 5 heterocycles. The number of ether oxygens (including phenoxy) is 3. The number of fused-ring (bicyclic) bond motifs is 3. The Balaban J connectivity index is 0.962. The molecule has 8 atom stereocenters. The summed E-state index contributed by atoms with van der Waals surface area (Å²) < 4.78 is 38.4. The van der Waals surface area contributed by atoms with Crippen molar-refractivity contribution in [2.75, 3.05) is 4.90 Å². The third-order valence-corrected chi connectivity index (χ3v) is 11.3. The van der Waals surface area contributed by atoms with Crippen LogP contribution in [0.3, 0.4) is 0 Å². The second-order valence-electron chi connectivity index (χ2n) is 13.6. The molecule has 2 aromatic carbocycles. The van der Waals surface area contributed by atoms with Crippen molar-refractivity contribution in [3.63, 3.8) is 0 Å². The van der Waals surface area contributed by atoms with Gasteiger partial charge in [-0.05, 0) is 63.1 Å². The maximum atomic E-state index is 15.4. The number of rotatable bonds is 9. The summed E-state index contributed by atoms with van der Waals surface area (Å²) in [5, 5.41) is 44.5. The molecule has 2 bridgehead atoms. The number of nitrogens with zero attached hydrogens (tertiary/aromatic N) is 3. The number of aliphatic hydroxyl groups excluding tert-OH is 3. The zero-order valence-electron chi connectivity index (χ0n) is 27.0. The van der Waals surface area contributed by atoms with Crippen molar-refractivity contribution in [1.29, 1.82) is 0 Å². The van der Waals surface area contributed by atoms with Crippen molar-refractivity contribution in [2.45, 2.75) is 107 Å². The highest BCUT2D eigenvalue weighted by atomic mass is 32.1. The molecule has 3 aliphatic heterocycles. The van der Waals surface area contributed by atoms with Gasteiger partial charge in [0.2, 0.25) is 6.29 Å². The fourth-order valence-electron chi connectivity index (χ4n) is 7.48. The van der Waals surface area contributed by atoms with Crippen LogP contribution in [0.5, 0.6) is 0 Å². The van der Waals surface area contributed by atoms with Gasteiger partial charge in [-0.3, -0.25) is 0 Å². The molecular formula is C35H36FN3O10S. The lowest BCUT2D eigenvalue weighted by atomic mass is 9.99. The summed E-state index contributed by atoms with van der Waals surface area (Å²) >= 11 is 1.25. The monoisotopic (exact) mass is 709 g/mol. The molecule has 3 saturated heterocycles. The van der Waals surface area contributed by atoms with Crippen LogP contribution in [0.15, 0.2) is 40.9 Å². The highest BCUT2D eigenvalue weighted by Gasteiger charge is 2.49. The van der Waals surface area contributed by atoms with E-state index >= 15 is 4.39 Å². The molecule has 0 unspecified atom stereocenters. The molecule has 0 spiro atoms. The lowest BCUT2D eigenvalue weighted by Gasteiger charge is -2.38. The molecule has 264 valence electrons. The van der Waals surface area contributed by atoms with Crippen LogP contribution in [0.25, 0.3) is 21.5 Å². The van der Waals surface area contributed by atoms with Crippen LogP contribution in [0.4, 0.5) is 9.52 Å². The third-order valence-electron chi connectivity index (χ3n) is 10.2. The lowest BCUT2D eigenvalue weighted by molar-refractivity contribution is -0.278. The number of aromatic nitrogens is 2. The molecule has 8 rings (SSSR count). The summed E-state index contributed by atoms with van der Waals surface area (Å²) in [6.45, 7) is 2.47. The fraction of sp³-hybridized carbons (Fsp3) is 0.486. The van der Waals surface area contributed by atoms with Gasteiger partial charge in [-0.1, -0.05) is 40.8 Å². The summed E-state index contributed by atoms with van der Waals surface area (Å²) in [7, 11) is 0. The van der Waals surface area contributed by atoms with Gasteiger partial charge in [0.15, 0.2) is 17.1 Å². The number of hydrogen-bond acceptors (Lipinski definition) is 13. The van der Waals surface area contributed by atoms with Gasteiger partial charge in [-0.25, -0.2) is 19.0 Å². The Kier molecular flexibility index (Phi) is 8.60. The first kappa shape index (κ1) is 33.2. The Morgan fingerprint density at radius 3 is 2.48 bits per heavy atom. The van der Waals surface area contributed by atoms with E-state index in [9.17, 15) is 30.0 Å². The van der Waals surface area contributed by atoms with Crippen molar-refractivity contribution in [3.8, 4) is 11.3 Å². The minimum atomic E-state index is -1.95. The van der Waals surface area contributed by atoms with Crippen LogP contribution in [0, 0.1) is 12.7 Å². The quantitative estimate of drug-likeness (QED) is 0.183. The maximum Gasteiger partial charge on any atom is 0.340 e. The summed E-state index contributed by atoms with van der Waals surface area (Å²) in [6, 6.07) is 10.8. The predicted molar refractivity (Wildman–Crippen MR) is 175 cm³/mol. The molecule has 50 heavy (non-hydrogen) atoms. The van der Waals surface area contributed by atoms with Crippen molar-refractivity contribution >= 4 is 38.6 Å². The fourth-order valence-corrected chi connectivity index (χ4v) is 8.65. The van der Waals surface area contributed by atoms with Gasteiger partial charge in [0.1, 0.15) is 35.3 Å². The number of carbonyl (C=O) groups is 2. The third kappa shape index (κ3) is 5.95. The molecule has 13 nitrogen and oxygen atoms in total. The second-order valence-corrected chi connectivity index (χ2v) is 14.6. The first-order valence-electron chi connectivity index (χ1n) is 16.7. The highest BCUT2D eigenvalue weighted by molar-refractivity contribution is 7.22. The number of anilines is 1. The van der Waals surface area contributed by atoms with Gasteiger partial charge >= 0.3 is 11.9 Å². The van der Waals surface area contributed by atoms with Gasteiger partial charge in [0.05, 0.1) is 23.0 Å². The average Bonchev–Trinajstić information content (AvgIpc) is 3.61. The van der Waals surface area contributed by atoms with E-state index in [1.165, 1.54) is 17.4 Å². The minimum Gasteiger partial charge on any atom is -0.479 e. The van der Waals surface area contributed by atoms with Crippen LogP contribution in [0.1, 0.15) is 71.7 Å². The molecule has 4 aromatic rings. The van der Waals surface area contributed by atoms with E-state index in [1.807, 2.05) is 12.1 Å². The Morgan fingerprint density at radius 1 is 1.04 bits per heavy atom. The van der Waals surface area contributed by atoms with Crippen LogP contribution in [-0.2, 0) is 25.6 Å². The van der Waals surface area contributed by atoms with Gasteiger partial charge < -0.3 is 44.1 Å². The number of halogens is 1. The molecule has 2 aromatic heterocycles. The summed E-state index contributed by atoms with van der Waals surface area (Å²) in [4.78, 5) is 31.3. The number of aryl methyl sites for hydroxylation is 1. The van der Waals surface area contributed by atoms with E-state index in [1.54, 1.807) is 0 Å². The Bertz CT molecular complexity index is 1930. The summed E-state index contributed by atoms with van der Waals surface area (Å²) in [5.74, 6) is -2.18. The summed E-state index contributed by atoms with van der Waals surface area (Å²) in [5.41, 5.74) is 3.91. The van der Waals surface area contributed by atoms with Crippen molar-refractivity contribution < 1.29 is 53.1 Å². The van der Waals surface area contributed by atoms with Gasteiger partial charge in [-0.15, -0.1) is 0 Å². The van der Waals surface area contributed by atoms with E-state index in [0.717, 1.165) is 72.7 Å². The largest absolute Gasteiger partial charge is 0.479 e. The van der Waals surface area contributed by atoms with Gasteiger partial charge in [-0.2, -0.15) is 0 Å². The predicted octanol–water partition coefficient (Wildman–Crippen LogP) is 4.04. The van der Waals surface area contributed by atoms with Crippen LogP contribution in [-0.4, -0.2) is 91.4 Å². The zero-order chi connectivity index (χ0) is 34.8. The normalized spacial score (nSPS) is 29.4. The molecule has 0 amide bonds. The Morgan fingerprint density at radius 2 is 1.78 bits per heavy atom. The second kappa shape index (κ2) is 13.0. The zero-order valence-corrected chi connectivity index (χ0v) is 27.8. The van der Waals surface area contributed by atoms with Gasteiger partial charge in [0, 0.05) is 29.1 Å². The van der Waals surface area contributed by atoms with E-state index in [2.05, 4.69) is 34.1 Å². The number of hydrogen-bond donors (Lipinski definition) is 4. The molecular weight excluding hydrogens is 673 g/mol. The molecule has 4 N–H and O–H groups in total. The molecule has 4 aliphatic rings. The van der Waals surface area contributed by atoms with Crippen molar-refractivity contribution in [2.24, 2.45) is 0 Å². The number of carbonyl (C=O) groups excluding carboxylic acids is 1. The SMILES string of the molecule is Cc1ccccc1-c1noc(C2CC2)c1CO[C@H]1C[C@H]2CC[C@@H](C1)N2c1nc2c(F)cc(C(=O)O[C@@H]3O[C@H](C(=O)O)[C@@H](O)[C@H](O)[C@H]3O)cc2s1. The standard InChI is InChI=1S/C35H36FN3O10S/c1-15-4-2-3-5-21(15)25-22(30(49-38-25)16-6-7-16)14-46-20-12-18-8-9-19(13-20)39(18)35-37-26-23(36)10-17(11-24(26)50-35)33(45)48-34-29(42)27(40)28(41)31(47-34)32(43)44/h2-5,10-11,16,18-20,27-29,31,34,40-42H,6-9,12-14H2,1H3,(H,43,44)/t18-,19+,20+,27-,28-,29+,31-,34-/m0/s1. The van der Waals surface area contributed by atoms with Crippen LogP contribution >= 0.6 is 11.3 Å². The topological polar surface area (TPSA) is 185 Å². The number of benzene rings is 2. The number of piperidine rings is 1. The number of carboxylic acids is 1. The first-order chi connectivity index (χ1) is 24.1. The number of aliphatic hydroxyl groups is 3. The maximum absolute atomic E-state index is 15.4. The molecule has 15 heteroatoms. The summed E-state index contributed by atoms with van der Waals surface area (Å²) in [6.07, 6.45) is -4.05. The van der Waals surface area contributed by atoms with E-state index in [-0.39, 0.29) is 29.3 Å². The van der Waals surface area contributed by atoms with E-state index in [0.29, 0.717) is 22.4 Å². The van der Waals surface area contributed by atoms with Crippen LogP contribution in [0.2, 0.25) is 0 Å². The molecule has 4 fully saturated rings. The average molecular weight is 710 g/mol. The molecule has 1 saturated carbocycles. The lowest BCUT2D eigenvalue weighted by Crippen LogP contribution is -2.60. The number of carboxylic acid groups (broad SMARTS) is 1. The number of esters is 1. The van der Waals surface area contributed by atoms with Gasteiger partial charge in [0.25, 0.3) is 0 Å². The first-order valence-corrected chi connectivity index (χ1v) is 17.6. The van der Waals surface area contributed by atoms with Crippen molar-refractivity contribution in [3.05, 3.63) is 64.7 Å². The molecule has 1 aliphatic carbocycles. The smallest absolute Gasteiger partial charge is 0.340 e. The Labute approximate surface area is 289 Å². The van der Waals surface area contributed by atoms with E-state index in [4.69, 9.17) is 18.7 Å². The number of thiazole rings is 1. The minimum absolute atomic E-state index is 0.0145. The molecule has 0 radical (unpaired) electrons. The van der Waals surface area contributed by atoms with Crippen molar-refractivity contribution in [1.82, 2.24) is 10.1 Å². The van der Waals surface area contributed by atoms with E-state index < -0.39 is 48.5 Å². The Hall–Kier alpha value is -3.99.